The average Bonchev–Trinajstić information content (AvgIpc) is 2.87. The number of hydrogen-bond acceptors (Lipinski definition) is 6. The van der Waals surface area contributed by atoms with Gasteiger partial charge in [0.05, 0.1) is 16.9 Å². The van der Waals surface area contributed by atoms with Gasteiger partial charge < -0.3 is 20.6 Å². The van der Waals surface area contributed by atoms with Crippen LogP contribution in [0.1, 0.15) is 16.9 Å². The topological polar surface area (TPSA) is 59.9 Å². The van der Waals surface area contributed by atoms with E-state index < -0.39 is 0 Å². The Balaban J connectivity index is 1.75. The Morgan fingerprint density at radius 2 is 2.25 bits per heavy atom. The number of aliphatic hydroxyl groups is 1. The number of thiophene rings is 1. The van der Waals surface area contributed by atoms with Crippen LogP contribution in [0.3, 0.4) is 0 Å². The number of benzene rings is 1. The fraction of sp³-hybridized carbons (Fsp3) is 0.389. The summed E-state index contributed by atoms with van der Waals surface area (Å²) in [6.45, 7) is 5.06. The van der Waals surface area contributed by atoms with E-state index in [0.717, 1.165) is 48.3 Å². The van der Waals surface area contributed by atoms with Crippen LogP contribution in [0.15, 0.2) is 35.3 Å². The van der Waals surface area contributed by atoms with Gasteiger partial charge in [0.15, 0.2) is 0 Å². The molecule has 0 saturated carbocycles. The molecular formula is C18H22N4OS. The van der Waals surface area contributed by atoms with Crippen LogP contribution in [-0.4, -0.2) is 48.1 Å². The standard InChI is InChI=1S/C18H22N4OS/c1-12-10-14-17(22-8-7-19-13(11-22)6-9-23)20-15-4-2-3-5-16(15)21-18(14)24-12/h2-5,10,13,19,21,23H,6-9,11H2,1H3/t13-/m1/s1. The monoisotopic (exact) mass is 342 g/mol. The van der Waals surface area contributed by atoms with Crippen LogP contribution in [0.4, 0.5) is 16.4 Å². The molecule has 2 aromatic rings. The van der Waals surface area contributed by atoms with E-state index in [1.165, 1.54) is 10.4 Å². The number of aliphatic imine (C=N–C) groups is 1. The summed E-state index contributed by atoms with van der Waals surface area (Å²) in [4.78, 5) is 8.64. The molecule has 1 aromatic heterocycles. The van der Waals surface area contributed by atoms with Crippen molar-refractivity contribution in [3.63, 3.8) is 0 Å². The SMILES string of the molecule is Cc1cc2c(s1)Nc1ccccc1N=C2N1CCN[C@H](CCO)C1. The number of amidine groups is 1. The zero-order valence-electron chi connectivity index (χ0n) is 13.7. The van der Waals surface area contributed by atoms with Crippen molar-refractivity contribution in [2.24, 2.45) is 4.99 Å². The van der Waals surface area contributed by atoms with Crippen LogP contribution in [-0.2, 0) is 0 Å². The molecule has 0 amide bonds. The Bertz CT molecular complexity index is 768. The number of aliphatic hydroxyl groups excluding tert-OH is 1. The molecule has 3 heterocycles. The molecule has 0 spiro atoms. The fourth-order valence-corrected chi connectivity index (χ4v) is 4.27. The zero-order chi connectivity index (χ0) is 16.5. The van der Waals surface area contributed by atoms with Crippen molar-refractivity contribution in [3.8, 4) is 0 Å². The van der Waals surface area contributed by atoms with Crippen LogP contribution >= 0.6 is 11.3 Å². The summed E-state index contributed by atoms with van der Waals surface area (Å²) in [5, 5.41) is 17.4. The molecule has 4 rings (SSSR count). The first kappa shape index (κ1) is 15.6. The first-order chi connectivity index (χ1) is 11.7. The number of fused-ring (bicyclic) bond motifs is 2. The summed E-state index contributed by atoms with van der Waals surface area (Å²) < 4.78 is 0. The first-order valence-electron chi connectivity index (χ1n) is 8.39. The van der Waals surface area contributed by atoms with Crippen LogP contribution in [0.5, 0.6) is 0 Å². The van der Waals surface area contributed by atoms with Gasteiger partial charge in [-0.3, -0.25) is 0 Å². The predicted molar refractivity (Wildman–Crippen MR) is 100 cm³/mol. The van der Waals surface area contributed by atoms with E-state index in [4.69, 9.17) is 4.99 Å². The van der Waals surface area contributed by atoms with Gasteiger partial charge in [0.2, 0.25) is 0 Å². The Labute approximate surface area is 146 Å². The highest BCUT2D eigenvalue weighted by Crippen LogP contribution is 2.39. The second-order valence-electron chi connectivity index (χ2n) is 6.29. The summed E-state index contributed by atoms with van der Waals surface area (Å²) in [5.74, 6) is 1.04. The first-order valence-corrected chi connectivity index (χ1v) is 9.21. The number of para-hydroxylation sites is 2. The van der Waals surface area contributed by atoms with Crippen LogP contribution in [0, 0.1) is 6.92 Å². The van der Waals surface area contributed by atoms with E-state index in [1.807, 2.05) is 12.1 Å². The van der Waals surface area contributed by atoms with E-state index in [-0.39, 0.29) is 6.61 Å². The lowest BCUT2D eigenvalue weighted by Gasteiger charge is -2.35. The van der Waals surface area contributed by atoms with Crippen molar-refractivity contribution in [2.75, 3.05) is 31.6 Å². The van der Waals surface area contributed by atoms with Crippen molar-refractivity contribution < 1.29 is 5.11 Å². The third-order valence-corrected chi connectivity index (χ3v) is 5.47. The van der Waals surface area contributed by atoms with Gasteiger partial charge in [-0.2, -0.15) is 0 Å². The lowest BCUT2D eigenvalue weighted by atomic mass is 10.1. The van der Waals surface area contributed by atoms with Crippen molar-refractivity contribution in [2.45, 2.75) is 19.4 Å². The minimum absolute atomic E-state index is 0.213. The maximum Gasteiger partial charge on any atom is 0.139 e. The molecule has 6 heteroatoms. The predicted octanol–water partition coefficient (Wildman–Crippen LogP) is 2.85. The Morgan fingerprint density at radius 1 is 1.38 bits per heavy atom. The number of piperazine rings is 1. The lowest BCUT2D eigenvalue weighted by Crippen LogP contribution is -2.53. The number of aryl methyl sites for hydroxylation is 1. The molecule has 2 aliphatic rings. The molecule has 1 fully saturated rings. The van der Waals surface area contributed by atoms with Gasteiger partial charge in [-0.15, -0.1) is 11.3 Å². The maximum absolute atomic E-state index is 9.25. The molecule has 2 aliphatic heterocycles. The summed E-state index contributed by atoms with van der Waals surface area (Å²) in [5.41, 5.74) is 3.21. The molecule has 24 heavy (non-hydrogen) atoms. The molecule has 126 valence electrons. The van der Waals surface area contributed by atoms with Gasteiger partial charge in [0.1, 0.15) is 10.8 Å². The second-order valence-corrected chi connectivity index (χ2v) is 7.54. The van der Waals surface area contributed by atoms with Gasteiger partial charge in [-0.05, 0) is 31.5 Å². The van der Waals surface area contributed by atoms with Gasteiger partial charge in [-0.25, -0.2) is 4.99 Å². The highest BCUT2D eigenvalue weighted by Gasteiger charge is 2.27. The van der Waals surface area contributed by atoms with E-state index in [0.29, 0.717) is 6.04 Å². The van der Waals surface area contributed by atoms with Gasteiger partial charge in [-0.1, -0.05) is 12.1 Å². The molecule has 0 radical (unpaired) electrons. The summed E-state index contributed by atoms with van der Waals surface area (Å²) in [6.07, 6.45) is 0.772. The maximum atomic E-state index is 9.25. The number of nitrogens with zero attached hydrogens (tertiary/aromatic N) is 2. The van der Waals surface area contributed by atoms with E-state index in [2.05, 4.69) is 40.7 Å². The van der Waals surface area contributed by atoms with Gasteiger partial charge >= 0.3 is 0 Å². The van der Waals surface area contributed by atoms with Gasteiger partial charge in [0.25, 0.3) is 0 Å². The number of anilines is 2. The molecular weight excluding hydrogens is 320 g/mol. The molecule has 1 aromatic carbocycles. The third-order valence-electron chi connectivity index (χ3n) is 4.51. The molecule has 1 saturated heterocycles. The Hall–Kier alpha value is -1.89. The van der Waals surface area contributed by atoms with Crippen molar-refractivity contribution in [1.29, 1.82) is 0 Å². The molecule has 3 N–H and O–H groups in total. The van der Waals surface area contributed by atoms with Crippen LogP contribution in [0.25, 0.3) is 0 Å². The smallest absolute Gasteiger partial charge is 0.139 e. The minimum atomic E-state index is 0.213. The third kappa shape index (κ3) is 2.92. The van der Waals surface area contributed by atoms with Gasteiger partial charge in [0, 0.05) is 37.2 Å². The van der Waals surface area contributed by atoms with E-state index in [9.17, 15) is 5.11 Å². The van der Waals surface area contributed by atoms with E-state index in [1.54, 1.807) is 11.3 Å². The minimum Gasteiger partial charge on any atom is -0.396 e. The molecule has 0 bridgehead atoms. The zero-order valence-corrected chi connectivity index (χ0v) is 14.6. The molecule has 0 aliphatic carbocycles. The summed E-state index contributed by atoms with van der Waals surface area (Å²) in [7, 11) is 0. The van der Waals surface area contributed by atoms with Crippen LogP contribution < -0.4 is 10.6 Å². The van der Waals surface area contributed by atoms with Crippen molar-refractivity contribution >= 4 is 33.5 Å². The lowest BCUT2D eigenvalue weighted by molar-refractivity contribution is 0.223. The largest absolute Gasteiger partial charge is 0.396 e. The summed E-state index contributed by atoms with van der Waals surface area (Å²) >= 11 is 1.77. The average molecular weight is 342 g/mol. The Kier molecular flexibility index (Phi) is 4.26. The second kappa shape index (κ2) is 6.55. The molecule has 0 unspecified atom stereocenters. The highest BCUT2D eigenvalue weighted by molar-refractivity contribution is 7.16. The van der Waals surface area contributed by atoms with Crippen molar-refractivity contribution in [1.82, 2.24) is 10.2 Å². The highest BCUT2D eigenvalue weighted by atomic mass is 32.1. The Morgan fingerprint density at radius 3 is 3.12 bits per heavy atom. The van der Waals surface area contributed by atoms with Crippen LogP contribution in [0.2, 0.25) is 0 Å². The number of hydrogen-bond donors (Lipinski definition) is 3. The van der Waals surface area contributed by atoms with Crippen molar-refractivity contribution in [3.05, 3.63) is 40.8 Å². The number of nitrogens with one attached hydrogen (secondary N) is 2. The van der Waals surface area contributed by atoms with E-state index >= 15 is 0 Å². The molecule has 1 atom stereocenters. The normalized spacial score (nSPS) is 19.8. The number of rotatable bonds is 2. The molecule has 5 nitrogen and oxygen atoms in total. The summed E-state index contributed by atoms with van der Waals surface area (Å²) in [6, 6.07) is 10.7. The fourth-order valence-electron chi connectivity index (χ4n) is 3.35. The quantitative estimate of drug-likeness (QED) is 0.785.